The summed E-state index contributed by atoms with van der Waals surface area (Å²) in [6, 6.07) is 0. The molecular weight excluding hydrogens is 224 g/mol. The van der Waals surface area contributed by atoms with Crippen LogP contribution >= 0.6 is 0 Å². The van der Waals surface area contributed by atoms with Crippen LogP contribution in [-0.4, -0.2) is 38.4 Å². The van der Waals surface area contributed by atoms with Crippen molar-refractivity contribution >= 4 is 5.97 Å². The van der Waals surface area contributed by atoms with Crippen molar-refractivity contribution in [2.75, 3.05) is 7.11 Å². The van der Waals surface area contributed by atoms with Gasteiger partial charge in [-0.2, -0.15) is 0 Å². The second-order valence-corrected chi connectivity index (χ2v) is 4.56. The lowest BCUT2D eigenvalue weighted by Crippen LogP contribution is -2.43. The molecule has 1 atom stereocenters. The van der Waals surface area contributed by atoms with Crippen molar-refractivity contribution in [3.63, 3.8) is 0 Å². The van der Waals surface area contributed by atoms with E-state index in [-0.39, 0.29) is 0 Å². The Morgan fingerprint density at radius 2 is 2.06 bits per heavy atom. The molecule has 0 saturated heterocycles. The van der Waals surface area contributed by atoms with Gasteiger partial charge in [-0.25, -0.2) is 9.48 Å². The molecule has 1 heterocycles. The fourth-order valence-electron chi connectivity index (χ4n) is 1.38. The Labute approximate surface area is 99.8 Å². The van der Waals surface area contributed by atoms with Gasteiger partial charge in [-0.05, 0) is 37.6 Å². The van der Waals surface area contributed by atoms with Gasteiger partial charge in [0.1, 0.15) is 5.60 Å². The molecule has 0 bridgehead atoms. The van der Waals surface area contributed by atoms with Gasteiger partial charge >= 0.3 is 5.97 Å². The lowest BCUT2D eigenvalue weighted by molar-refractivity contribution is -0.148. The van der Waals surface area contributed by atoms with E-state index >= 15 is 0 Å². The molecule has 1 N–H and O–H groups in total. The first-order valence-electron chi connectivity index (χ1n) is 5.37. The molecule has 0 aromatic carbocycles. The van der Waals surface area contributed by atoms with E-state index in [4.69, 9.17) is 4.74 Å². The Morgan fingerprint density at radius 3 is 2.47 bits per heavy atom. The van der Waals surface area contributed by atoms with Crippen LogP contribution in [-0.2, 0) is 20.7 Å². The fourth-order valence-corrected chi connectivity index (χ4v) is 1.38. The Hall–Kier alpha value is -1.50. The topological polar surface area (TPSA) is 90.1 Å². The molecule has 7 heteroatoms. The highest BCUT2D eigenvalue weighted by Crippen LogP contribution is 2.27. The molecule has 7 nitrogen and oxygen atoms in total. The van der Waals surface area contributed by atoms with E-state index in [2.05, 4.69) is 15.5 Å². The first kappa shape index (κ1) is 13.6. The first-order valence-corrected chi connectivity index (χ1v) is 5.37. The van der Waals surface area contributed by atoms with Crippen LogP contribution in [0.4, 0.5) is 0 Å². The highest BCUT2D eigenvalue weighted by atomic mass is 16.5. The van der Waals surface area contributed by atoms with Gasteiger partial charge in [-0.1, -0.05) is 6.92 Å². The van der Waals surface area contributed by atoms with Crippen molar-refractivity contribution < 1.29 is 14.6 Å². The van der Waals surface area contributed by atoms with Gasteiger partial charge in [0.25, 0.3) is 0 Å². The van der Waals surface area contributed by atoms with Crippen molar-refractivity contribution in [3.05, 3.63) is 5.82 Å². The molecule has 96 valence electrons. The summed E-state index contributed by atoms with van der Waals surface area (Å²) in [5.74, 6) is -0.577. The SMILES string of the molecule is CCC(C)(C(=O)O)n1nnnc1C(C)(C)OC. The van der Waals surface area contributed by atoms with Crippen molar-refractivity contribution in [1.29, 1.82) is 0 Å². The summed E-state index contributed by atoms with van der Waals surface area (Å²) in [4.78, 5) is 11.4. The van der Waals surface area contributed by atoms with Crippen molar-refractivity contribution in [1.82, 2.24) is 20.2 Å². The first-order chi connectivity index (χ1) is 7.79. The van der Waals surface area contributed by atoms with Gasteiger partial charge in [0.2, 0.25) is 0 Å². The van der Waals surface area contributed by atoms with E-state index in [0.717, 1.165) is 0 Å². The van der Waals surface area contributed by atoms with Gasteiger partial charge in [0, 0.05) is 7.11 Å². The van der Waals surface area contributed by atoms with Gasteiger partial charge in [-0.3, -0.25) is 0 Å². The maximum absolute atomic E-state index is 11.4. The lowest BCUT2D eigenvalue weighted by atomic mass is 9.98. The molecule has 0 aliphatic carbocycles. The molecule has 17 heavy (non-hydrogen) atoms. The van der Waals surface area contributed by atoms with Crippen LogP contribution in [0.15, 0.2) is 0 Å². The molecule has 0 spiro atoms. The number of rotatable bonds is 5. The zero-order chi connectivity index (χ0) is 13.3. The molecule has 0 fully saturated rings. The molecule has 0 aliphatic rings. The minimum atomic E-state index is -1.17. The van der Waals surface area contributed by atoms with E-state index in [1.54, 1.807) is 27.7 Å². The van der Waals surface area contributed by atoms with E-state index < -0.39 is 17.1 Å². The van der Waals surface area contributed by atoms with E-state index in [0.29, 0.717) is 12.2 Å². The summed E-state index contributed by atoms with van der Waals surface area (Å²) < 4.78 is 6.60. The Kier molecular flexibility index (Phi) is 3.51. The summed E-state index contributed by atoms with van der Waals surface area (Å²) in [5, 5.41) is 20.5. The van der Waals surface area contributed by atoms with Gasteiger partial charge in [0.15, 0.2) is 11.4 Å². The summed E-state index contributed by atoms with van der Waals surface area (Å²) in [7, 11) is 1.53. The Bertz CT molecular complexity index is 415. The van der Waals surface area contributed by atoms with Crippen LogP contribution in [0.25, 0.3) is 0 Å². The number of aromatic nitrogens is 4. The highest BCUT2D eigenvalue weighted by Gasteiger charge is 2.40. The van der Waals surface area contributed by atoms with Crippen molar-refractivity contribution in [2.24, 2.45) is 0 Å². The fraction of sp³-hybridized carbons (Fsp3) is 0.800. The summed E-state index contributed by atoms with van der Waals surface area (Å²) in [6.45, 7) is 6.93. The average molecular weight is 242 g/mol. The number of hydrogen-bond donors (Lipinski definition) is 1. The van der Waals surface area contributed by atoms with Crippen LogP contribution in [0.1, 0.15) is 39.9 Å². The molecule has 0 saturated carbocycles. The minimum Gasteiger partial charge on any atom is -0.479 e. The predicted molar refractivity (Wildman–Crippen MR) is 59.4 cm³/mol. The zero-order valence-corrected chi connectivity index (χ0v) is 10.8. The molecule has 1 rings (SSSR count). The lowest BCUT2D eigenvalue weighted by Gasteiger charge is -2.29. The van der Waals surface area contributed by atoms with Gasteiger partial charge in [-0.15, -0.1) is 5.10 Å². The third-order valence-electron chi connectivity index (χ3n) is 3.13. The number of nitrogens with zero attached hydrogens (tertiary/aromatic N) is 4. The monoisotopic (exact) mass is 242 g/mol. The maximum Gasteiger partial charge on any atom is 0.331 e. The molecule has 0 aliphatic heterocycles. The van der Waals surface area contributed by atoms with E-state index in [9.17, 15) is 9.90 Å². The summed E-state index contributed by atoms with van der Waals surface area (Å²) >= 11 is 0. The smallest absolute Gasteiger partial charge is 0.331 e. The molecule has 1 unspecified atom stereocenters. The molecular formula is C10H18N4O3. The third kappa shape index (κ3) is 2.14. The number of carbonyl (C=O) groups is 1. The van der Waals surface area contributed by atoms with Crippen molar-refractivity contribution in [3.8, 4) is 0 Å². The number of carboxylic acid groups (broad SMARTS) is 1. The van der Waals surface area contributed by atoms with Crippen LogP contribution in [0.3, 0.4) is 0 Å². The largest absolute Gasteiger partial charge is 0.479 e. The summed E-state index contributed by atoms with van der Waals surface area (Å²) in [6.07, 6.45) is 0.375. The number of tetrazole rings is 1. The van der Waals surface area contributed by atoms with Crippen LogP contribution in [0.5, 0.6) is 0 Å². The van der Waals surface area contributed by atoms with Crippen LogP contribution < -0.4 is 0 Å². The zero-order valence-electron chi connectivity index (χ0n) is 10.8. The number of ether oxygens (including phenoxy) is 1. The normalized spacial score (nSPS) is 15.6. The highest BCUT2D eigenvalue weighted by molar-refractivity contribution is 5.76. The molecule has 1 aromatic rings. The Balaban J connectivity index is 3.34. The molecule has 0 radical (unpaired) electrons. The average Bonchev–Trinajstić information content (AvgIpc) is 2.77. The van der Waals surface area contributed by atoms with Crippen LogP contribution in [0.2, 0.25) is 0 Å². The standard InChI is InChI=1S/C10H18N4O3/c1-6-10(4,8(15)16)14-7(11-12-13-14)9(2,3)17-5/h6H2,1-5H3,(H,15,16). The second-order valence-electron chi connectivity index (χ2n) is 4.56. The quantitative estimate of drug-likeness (QED) is 0.820. The second kappa shape index (κ2) is 4.40. The number of aliphatic carboxylic acids is 1. The summed E-state index contributed by atoms with van der Waals surface area (Å²) in [5.41, 5.74) is -1.91. The number of methoxy groups -OCH3 is 1. The molecule has 1 aromatic heterocycles. The minimum absolute atomic E-state index is 0.375. The third-order valence-corrected chi connectivity index (χ3v) is 3.13. The van der Waals surface area contributed by atoms with Gasteiger partial charge < -0.3 is 9.84 Å². The van der Waals surface area contributed by atoms with E-state index in [1.807, 2.05) is 0 Å². The van der Waals surface area contributed by atoms with Gasteiger partial charge in [0.05, 0.1) is 0 Å². The predicted octanol–water partition coefficient (Wildman–Crippen LogP) is 0.764. The number of hydrogen-bond acceptors (Lipinski definition) is 5. The van der Waals surface area contributed by atoms with E-state index in [1.165, 1.54) is 11.8 Å². The maximum atomic E-state index is 11.4. The van der Waals surface area contributed by atoms with Crippen molar-refractivity contribution in [2.45, 2.75) is 45.3 Å². The van der Waals surface area contributed by atoms with Crippen LogP contribution in [0, 0.1) is 0 Å². The Morgan fingerprint density at radius 1 is 1.47 bits per heavy atom. The number of carboxylic acids is 1. The molecule has 0 amide bonds.